The van der Waals surface area contributed by atoms with E-state index < -0.39 is 9.84 Å². The van der Waals surface area contributed by atoms with Crippen molar-refractivity contribution in [3.05, 3.63) is 17.6 Å². The molecule has 0 spiro atoms. The zero-order chi connectivity index (χ0) is 17.5. The SMILES string of the molecule is CC(C)(C)c1cc(NCC2CCCS2(=O)=O)nc(C(C)(C)C)n1. The molecule has 1 aliphatic heterocycles. The molecule has 1 N–H and O–H groups in total. The van der Waals surface area contributed by atoms with Gasteiger partial charge in [-0.1, -0.05) is 41.5 Å². The van der Waals surface area contributed by atoms with Gasteiger partial charge in [0, 0.05) is 23.4 Å². The maximum absolute atomic E-state index is 12.0. The summed E-state index contributed by atoms with van der Waals surface area (Å²) in [6.07, 6.45) is 1.50. The van der Waals surface area contributed by atoms with Crippen LogP contribution < -0.4 is 5.32 Å². The monoisotopic (exact) mass is 339 g/mol. The molecule has 5 nitrogen and oxygen atoms in total. The van der Waals surface area contributed by atoms with Gasteiger partial charge in [0.1, 0.15) is 11.6 Å². The molecule has 1 saturated heterocycles. The summed E-state index contributed by atoms with van der Waals surface area (Å²) in [5.74, 6) is 1.81. The minimum Gasteiger partial charge on any atom is -0.369 e. The molecule has 1 unspecified atom stereocenters. The van der Waals surface area contributed by atoms with E-state index in [1.165, 1.54) is 0 Å². The summed E-state index contributed by atoms with van der Waals surface area (Å²) in [4.78, 5) is 9.32. The zero-order valence-electron chi connectivity index (χ0n) is 15.1. The molecule has 130 valence electrons. The Kier molecular flexibility index (Phi) is 4.77. The molecule has 6 heteroatoms. The van der Waals surface area contributed by atoms with Gasteiger partial charge in [0.25, 0.3) is 0 Å². The minimum absolute atomic E-state index is 0.0845. The average Bonchev–Trinajstić information content (AvgIpc) is 2.73. The molecule has 2 heterocycles. The van der Waals surface area contributed by atoms with Crippen LogP contribution in [-0.4, -0.2) is 35.9 Å². The van der Waals surface area contributed by atoms with Gasteiger partial charge in [0.15, 0.2) is 9.84 Å². The minimum atomic E-state index is -2.94. The summed E-state index contributed by atoms with van der Waals surface area (Å²) < 4.78 is 23.9. The highest BCUT2D eigenvalue weighted by molar-refractivity contribution is 7.92. The van der Waals surface area contributed by atoms with Crippen molar-refractivity contribution in [2.75, 3.05) is 17.6 Å². The van der Waals surface area contributed by atoms with Gasteiger partial charge < -0.3 is 5.32 Å². The van der Waals surface area contributed by atoms with E-state index in [4.69, 9.17) is 4.98 Å². The molecule has 0 saturated carbocycles. The number of anilines is 1. The average molecular weight is 340 g/mol. The highest BCUT2D eigenvalue weighted by atomic mass is 32.2. The Morgan fingerprint density at radius 3 is 2.26 bits per heavy atom. The fraction of sp³-hybridized carbons (Fsp3) is 0.765. The standard InChI is InChI=1S/C17H29N3O2S/c1-16(2,3)13-10-14(20-15(19-13)17(4,5)6)18-11-12-8-7-9-23(12,21)22/h10,12H,7-9,11H2,1-6H3,(H,18,19,20). The predicted molar refractivity (Wildman–Crippen MR) is 94.7 cm³/mol. The van der Waals surface area contributed by atoms with Gasteiger partial charge in [0.2, 0.25) is 0 Å². The maximum Gasteiger partial charge on any atom is 0.154 e. The van der Waals surface area contributed by atoms with Crippen LogP contribution >= 0.6 is 0 Å². The normalized spacial score (nSPS) is 21.4. The van der Waals surface area contributed by atoms with Crippen molar-refractivity contribution in [2.24, 2.45) is 0 Å². The molecule has 1 fully saturated rings. The lowest BCUT2D eigenvalue weighted by Crippen LogP contribution is -2.27. The number of hydrogen-bond acceptors (Lipinski definition) is 5. The smallest absolute Gasteiger partial charge is 0.154 e. The third-order valence-corrected chi connectivity index (χ3v) is 6.41. The Morgan fingerprint density at radius 1 is 1.13 bits per heavy atom. The Morgan fingerprint density at radius 2 is 1.78 bits per heavy atom. The van der Waals surface area contributed by atoms with Gasteiger partial charge in [-0.2, -0.15) is 0 Å². The van der Waals surface area contributed by atoms with E-state index in [1.54, 1.807) is 0 Å². The second-order valence-corrected chi connectivity index (χ2v) is 10.9. The molecule has 0 radical (unpaired) electrons. The third kappa shape index (κ3) is 4.43. The van der Waals surface area contributed by atoms with Gasteiger partial charge in [-0.3, -0.25) is 0 Å². The fourth-order valence-electron chi connectivity index (χ4n) is 2.56. The highest BCUT2D eigenvalue weighted by Crippen LogP contribution is 2.27. The van der Waals surface area contributed by atoms with E-state index in [0.717, 1.165) is 30.2 Å². The summed E-state index contributed by atoms with van der Waals surface area (Å²) >= 11 is 0. The first-order chi connectivity index (χ1) is 10.4. The molecule has 1 atom stereocenters. The van der Waals surface area contributed by atoms with E-state index >= 15 is 0 Å². The number of sulfone groups is 1. The second kappa shape index (κ2) is 6.04. The summed E-state index contributed by atoms with van der Waals surface area (Å²) in [7, 11) is -2.94. The first-order valence-corrected chi connectivity index (χ1v) is 9.96. The van der Waals surface area contributed by atoms with Crippen LogP contribution in [0, 0.1) is 0 Å². The maximum atomic E-state index is 12.0. The Hall–Kier alpha value is -1.17. The lowest BCUT2D eigenvalue weighted by molar-refractivity contribution is 0.514. The van der Waals surface area contributed by atoms with Crippen LogP contribution in [0.15, 0.2) is 6.07 Å². The number of nitrogens with zero attached hydrogens (tertiary/aromatic N) is 2. The van der Waals surface area contributed by atoms with E-state index in [2.05, 4.69) is 51.8 Å². The summed E-state index contributed by atoms with van der Waals surface area (Å²) in [5.41, 5.74) is 0.727. The number of aromatic nitrogens is 2. The molecule has 23 heavy (non-hydrogen) atoms. The first-order valence-electron chi connectivity index (χ1n) is 8.25. The van der Waals surface area contributed by atoms with Crippen molar-refractivity contribution in [2.45, 2.75) is 70.5 Å². The number of nitrogens with one attached hydrogen (secondary N) is 1. The molecule has 1 aromatic heterocycles. The van der Waals surface area contributed by atoms with Crippen molar-refractivity contribution >= 4 is 15.7 Å². The topological polar surface area (TPSA) is 72.0 Å². The Balaban J connectivity index is 2.27. The molecule has 1 aromatic rings. The van der Waals surface area contributed by atoms with Gasteiger partial charge >= 0.3 is 0 Å². The van der Waals surface area contributed by atoms with Gasteiger partial charge in [-0.15, -0.1) is 0 Å². The van der Waals surface area contributed by atoms with E-state index in [0.29, 0.717) is 12.3 Å². The summed E-state index contributed by atoms with van der Waals surface area (Å²) in [6, 6.07) is 1.94. The number of rotatable bonds is 3. The lowest BCUT2D eigenvalue weighted by atomic mass is 9.90. The molecular formula is C17H29N3O2S. The predicted octanol–water partition coefficient (Wildman–Crippen LogP) is 3.06. The molecule has 2 rings (SSSR count). The summed E-state index contributed by atoms with van der Waals surface area (Å²) in [6.45, 7) is 13.0. The Labute approximate surface area is 140 Å². The van der Waals surface area contributed by atoms with E-state index in [-0.39, 0.29) is 16.1 Å². The van der Waals surface area contributed by atoms with Gasteiger partial charge in [-0.05, 0) is 12.8 Å². The van der Waals surface area contributed by atoms with Crippen LogP contribution in [0.1, 0.15) is 65.9 Å². The summed E-state index contributed by atoms with van der Waals surface area (Å²) in [5, 5.41) is 2.94. The van der Waals surface area contributed by atoms with Crippen LogP contribution in [0.5, 0.6) is 0 Å². The molecule has 0 aromatic carbocycles. The molecular weight excluding hydrogens is 310 g/mol. The molecule has 0 aliphatic carbocycles. The third-order valence-electron chi connectivity index (χ3n) is 4.14. The lowest BCUT2D eigenvalue weighted by Gasteiger charge is -2.24. The van der Waals surface area contributed by atoms with Crippen molar-refractivity contribution < 1.29 is 8.42 Å². The zero-order valence-corrected chi connectivity index (χ0v) is 15.9. The van der Waals surface area contributed by atoms with Gasteiger partial charge in [-0.25, -0.2) is 18.4 Å². The highest BCUT2D eigenvalue weighted by Gasteiger charge is 2.31. The fourth-order valence-corrected chi connectivity index (χ4v) is 4.33. The van der Waals surface area contributed by atoms with Crippen LogP contribution in [0.2, 0.25) is 0 Å². The number of hydrogen-bond donors (Lipinski definition) is 1. The van der Waals surface area contributed by atoms with E-state index in [9.17, 15) is 8.42 Å². The quantitative estimate of drug-likeness (QED) is 0.916. The van der Waals surface area contributed by atoms with Crippen LogP contribution in [-0.2, 0) is 20.7 Å². The van der Waals surface area contributed by atoms with Crippen LogP contribution in [0.25, 0.3) is 0 Å². The second-order valence-electron chi connectivity index (χ2n) is 8.47. The Bertz CT molecular complexity index is 638. The van der Waals surface area contributed by atoms with Gasteiger partial charge in [0.05, 0.1) is 16.7 Å². The van der Waals surface area contributed by atoms with Crippen molar-refractivity contribution in [3.8, 4) is 0 Å². The molecule has 1 aliphatic rings. The van der Waals surface area contributed by atoms with E-state index in [1.807, 2.05) is 6.07 Å². The van der Waals surface area contributed by atoms with Crippen molar-refractivity contribution in [3.63, 3.8) is 0 Å². The molecule has 0 bridgehead atoms. The largest absolute Gasteiger partial charge is 0.369 e. The van der Waals surface area contributed by atoms with Crippen LogP contribution in [0.4, 0.5) is 5.82 Å². The van der Waals surface area contributed by atoms with Crippen LogP contribution in [0.3, 0.4) is 0 Å². The molecule has 0 amide bonds. The van der Waals surface area contributed by atoms with Crippen molar-refractivity contribution in [1.82, 2.24) is 9.97 Å². The first kappa shape index (κ1) is 18.2. The van der Waals surface area contributed by atoms with Crippen molar-refractivity contribution in [1.29, 1.82) is 0 Å².